The summed E-state index contributed by atoms with van der Waals surface area (Å²) in [7, 11) is 0. The Labute approximate surface area is 134 Å². The predicted octanol–water partition coefficient (Wildman–Crippen LogP) is 2.58. The van der Waals surface area contributed by atoms with Crippen molar-refractivity contribution in [2.24, 2.45) is 0 Å². The molecule has 1 amide bonds. The molecule has 23 heavy (non-hydrogen) atoms. The molecular weight excluding hydrogens is 292 g/mol. The van der Waals surface area contributed by atoms with Crippen LogP contribution in [0.1, 0.15) is 21.9 Å². The van der Waals surface area contributed by atoms with Gasteiger partial charge in [-0.3, -0.25) is 9.78 Å². The van der Waals surface area contributed by atoms with Gasteiger partial charge in [0.1, 0.15) is 17.2 Å². The van der Waals surface area contributed by atoms with E-state index in [0.29, 0.717) is 24.4 Å². The van der Waals surface area contributed by atoms with Crippen LogP contribution < -0.4 is 5.32 Å². The maximum absolute atomic E-state index is 12.2. The Hall–Kier alpha value is -2.89. The molecule has 0 saturated heterocycles. The third-order valence-corrected chi connectivity index (χ3v) is 3.53. The number of nitrogens with one attached hydrogen (secondary N) is 1. The van der Waals surface area contributed by atoms with Crippen molar-refractivity contribution in [1.82, 2.24) is 19.9 Å². The average Bonchev–Trinajstić information content (AvgIpc) is 3.14. The quantitative estimate of drug-likeness (QED) is 0.786. The summed E-state index contributed by atoms with van der Waals surface area (Å²) >= 11 is 0. The Balaban J connectivity index is 1.63. The molecule has 3 aromatic rings. The number of hydrogen-bond donors (Lipinski definition) is 1. The summed E-state index contributed by atoms with van der Waals surface area (Å²) in [6.45, 7) is 4.73. The zero-order chi connectivity index (χ0) is 16.2. The van der Waals surface area contributed by atoms with Crippen molar-refractivity contribution in [3.8, 4) is 11.5 Å². The molecular formula is C17H18N4O2. The number of pyridine rings is 1. The number of imidazole rings is 1. The Kier molecular flexibility index (Phi) is 4.23. The number of rotatable bonds is 5. The molecule has 0 unspecified atom stereocenters. The molecule has 0 aromatic carbocycles. The lowest BCUT2D eigenvalue weighted by Gasteiger charge is -2.08. The second-order valence-electron chi connectivity index (χ2n) is 5.24. The number of nitrogens with zero attached hydrogens (tertiary/aromatic N) is 3. The summed E-state index contributed by atoms with van der Waals surface area (Å²) in [6, 6.07) is 7.45. The van der Waals surface area contributed by atoms with Crippen LogP contribution in [0.15, 0.2) is 47.3 Å². The van der Waals surface area contributed by atoms with Gasteiger partial charge in [0.2, 0.25) is 0 Å². The van der Waals surface area contributed by atoms with Gasteiger partial charge in [0.15, 0.2) is 5.82 Å². The average molecular weight is 310 g/mol. The fourth-order valence-electron chi connectivity index (χ4n) is 2.46. The van der Waals surface area contributed by atoms with E-state index in [1.54, 1.807) is 25.4 Å². The lowest BCUT2D eigenvalue weighted by atomic mass is 10.2. The molecule has 0 bridgehead atoms. The van der Waals surface area contributed by atoms with E-state index in [2.05, 4.69) is 15.3 Å². The number of carbonyl (C=O) groups is 1. The minimum Gasteiger partial charge on any atom is -0.466 e. The molecule has 0 saturated carbocycles. The van der Waals surface area contributed by atoms with E-state index in [4.69, 9.17) is 4.42 Å². The Morgan fingerprint density at radius 3 is 2.83 bits per heavy atom. The molecule has 118 valence electrons. The molecule has 0 spiro atoms. The first kappa shape index (κ1) is 15.0. The van der Waals surface area contributed by atoms with Gasteiger partial charge >= 0.3 is 0 Å². The fraction of sp³-hybridized carbons (Fsp3) is 0.235. The summed E-state index contributed by atoms with van der Waals surface area (Å²) in [5.41, 5.74) is 1.39. The van der Waals surface area contributed by atoms with Gasteiger partial charge in [-0.2, -0.15) is 0 Å². The van der Waals surface area contributed by atoms with Gasteiger partial charge in [-0.15, -0.1) is 0 Å². The van der Waals surface area contributed by atoms with Crippen LogP contribution in [-0.4, -0.2) is 27.0 Å². The zero-order valence-corrected chi connectivity index (χ0v) is 13.1. The van der Waals surface area contributed by atoms with Gasteiger partial charge < -0.3 is 14.3 Å². The first-order chi connectivity index (χ1) is 11.1. The highest BCUT2D eigenvalue weighted by molar-refractivity contribution is 5.95. The first-order valence-electron chi connectivity index (χ1n) is 7.43. The smallest absolute Gasteiger partial charge is 0.254 e. The van der Waals surface area contributed by atoms with E-state index < -0.39 is 0 Å². The number of aromatic nitrogens is 3. The molecule has 0 aliphatic heterocycles. The van der Waals surface area contributed by atoms with Gasteiger partial charge in [-0.05, 0) is 32.0 Å². The van der Waals surface area contributed by atoms with Crippen molar-refractivity contribution in [1.29, 1.82) is 0 Å². The molecule has 3 heterocycles. The van der Waals surface area contributed by atoms with Gasteiger partial charge in [0.05, 0.1) is 5.56 Å². The molecule has 6 nitrogen and oxygen atoms in total. The summed E-state index contributed by atoms with van der Waals surface area (Å²) in [5.74, 6) is 2.03. The van der Waals surface area contributed by atoms with Crippen molar-refractivity contribution >= 4 is 5.91 Å². The number of carbonyl (C=O) groups excluding carboxylic acids is 1. The van der Waals surface area contributed by atoms with Crippen LogP contribution in [-0.2, 0) is 6.54 Å². The maximum Gasteiger partial charge on any atom is 0.254 e. The predicted molar refractivity (Wildman–Crippen MR) is 86.0 cm³/mol. The molecule has 3 rings (SSSR count). The van der Waals surface area contributed by atoms with Gasteiger partial charge in [-0.1, -0.05) is 6.07 Å². The fourth-order valence-corrected chi connectivity index (χ4v) is 2.46. The third-order valence-electron chi connectivity index (χ3n) is 3.53. The zero-order valence-electron chi connectivity index (χ0n) is 13.1. The van der Waals surface area contributed by atoms with Crippen molar-refractivity contribution < 1.29 is 9.21 Å². The number of amides is 1. The standard InChI is InChI=1S/C17H18N4O2/c1-12-11-14(13(2)23-12)17(22)20-8-10-21-9-7-19-16(21)15-5-3-4-6-18-15/h3-7,9,11H,8,10H2,1-2H3,(H,20,22). The van der Waals surface area contributed by atoms with E-state index in [0.717, 1.165) is 17.3 Å². The van der Waals surface area contributed by atoms with Crippen LogP contribution >= 0.6 is 0 Å². The number of hydrogen-bond acceptors (Lipinski definition) is 4. The molecule has 3 aromatic heterocycles. The van der Waals surface area contributed by atoms with Crippen molar-refractivity contribution in [2.75, 3.05) is 6.54 Å². The highest BCUT2D eigenvalue weighted by atomic mass is 16.3. The molecule has 0 atom stereocenters. The van der Waals surface area contributed by atoms with Gasteiger partial charge in [0, 0.05) is 31.7 Å². The van der Waals surface area contributed by atoms with Crippen molar-refractivity contribution in [2.45, 2.75) is 20.4 Å². The topological polar surface area (TPSA) is 73.0 Å². The lowest BCUT2D eigenvalue weighted by Crippen LogP contribution is -2.27. The molecule has 1 N–H and O–H groups in total. The summed E-state index contributed by atoms with van der Waals surface area (Å²) in [5, 5.41) is 2.90. The van der Waals surface area contributed by atoms with E-state index in [1.165, 1.54) is 0 Å². The SMILES string of the molecule is Cc1cc(C(=O)NCCn2ccnc2-c2ccccn2)c(C)o1. The van der Waals surface area contributed by atoms with E-state index in [-0.39, 0.29) is 5.91 Å². The molecule has 6 heteroatoms. The van der Waals surface area contributed by atoms with E-state index >= 15 is 0 Å². The van der Waals surface area contributed by atoms with E-state index in [9.17, 15) is 4.79 Å². The molecule has 0 aliphatic carbocycles. The second kappa shape index (κ2) is 6.48. The summed E-state index contributed by atoms with van der Waals surface area (Å²) in [4.78, 5) is 20.8. The van der Waals surface area contributed by atoms with Crippen LogP contribution in [0.5, 0.6) is 0 Å². The maximum atomic E-state index is 12.2. The Bertz CT molecular complexity index is 805. The van der Waals surface area contributed by atoms with Crippen LogP contribution in [0.25, 0.3) is 11.5 Å². The minimum absolute atomic E-state index is 0.126. The van der Waals surface area contributed by atoms with E-state index in [1.807, 2.05) is 35.9 Å². The van der Waals surface area contributed by atoms with Crippen molar-refractivity contribution in [3.63, 3.8) is 0 Å². The molecule has 0 fully saturated rings. The number of aryl methyl sites for hydroxylation is 2. The first-order valence-corrected chi connectivity index (χ1v) is 7.43. The highest BCUT2D eigenvalue weighted by Gasteiger charge is 2.13. The van der Waals surface area contributed by atoms with Crippen LogP contribution in [0.2, 0.25) is 0 Å². The summed E-state index contributed by atoms with van der Waals surface area (Å²) in [6.07, 6.45) is 5.35. The van der Waals surface area contributed by atoms with Crippen molar-refractivity contribution in [3.05, 3.63) is 59.9 Å². The van der Waals surface area contributed by atoms with Crippen LogP contribution in [0.3, 0.4) is 0 Å². The Morgan fingerprint density at radius 2 is 2.13 bits per heavy atom. The van der Waals surface area contributed by atoms with Gasteiger partial charge in [-0.25, -0.2) is 4.98 Å². The molecule has 0 radical (unpaired) electrons. The third kappa shape index (κ3) is 3.31. The monoisotopic (exact) mass is 310 g/mol. The highest BCUT2D eigenvalue weighted by Crippen LogP contribution is 2.14. The molecule has 0 aliphatic rings. The lowest BCUT2D eigenvalue weighted by molar-refractivity contribution is 0.0951. The van der Waals surface area contributed by atoms with Gasteiger partial charge in [0.25, 0.3) is 5.91 Å². The van der Waals surface area contributed by atoms with Crippen LogP contribution in [0.4, 0.5) is 0 Å². The Morgan fingerprint density at radius 1 is 1.26 bits per heavy atom. The number of furan rings is 1. The summed E-state index contributed by atoms with van der Waals surface area (Å²) < 4.78 is 7.35. The largest absolute Gasteiger partial charge is 0.466 e. The minimum atomic E-state index is -0.126. The van der Waals surface area contributed by atoms with Crippen LogP contribution in [0, 0.1) is 13.8 Å². The normalized spacial score (nSPS) is 10.7. The second-order valence-corrected chi connectivity index (χ2v) is 5.24.